The number of rotatable bonds is 7. The zero-order valence-corrected chi connectivity index (χ0v) is 22.3. The minimum absolute atomic E-state index is 0.0490. The molecule has 0 atom stereocenters. The van der Waals surface area contributed by atoms with Crippen molar-refractivity contribution in [3.8, 4) is 0 Å². The maximum absolute atomic E-state index is 13.0. The molecule has 194 valence electrons. The standard InChI is InChI=1S/C27H31ClN6O2S/c28-22-7-4-8-23(17-22)32-13-15-33(16-14-32)25(35)19-31-9-11-34(12-10-31)26(36)24-20-37-27(30-24)29-18-21-5-2-1-3-6-21/h1-8,17,20H,9-16,18-19H2,(H,29,30). The fourth-order valence-electron chi connectivity index (χ4n) is 4.68. The van der Waals surface area contributed by atoms with E-state index in [1.165, 1.54) is 16.9 Å². The molecule has 3 heterocycles. The Morgan fingerprint density at radius 2 is 1.62 bits per heavy atom. The predicted molar refractivity (Wildman–Crippen MR) is 148 cm³/mol. The van der Waals surface area contributed by atoms with Crippen LogP contribution in [0.3, 0.4) is 0 Å². The summed E-state index contributed by atoms with van der Waals surface area (Å²) >= 11 is 7.57. The van der Waals surface area contributed by atoms with Crippen molar-refractivity contribution in [2.75, 3.05) is 69.1 Å². The van der Waals surface area contributed by atoms with E-state index < -0.39 is 0 Å². The highest BCUT2D eigenvalue weighted by molar-refractivity contribution is 7.13. The summed E-state index contributed by atoms with van der Waals surface area (Å²) in [5.74, 6) is 0.103. The molecule has 2 saturated heterocycles. The van der Waals surface area contributed by atoms with Gasteiger partial charge in [-0.2, -0.15) is 0 Å². The van der Waals surface area contributed by atoms with Crippen LogP contribution >= 0.6 is 22.9 Å². The average Bonchev–Trinajstić information content (AvgIpc) is 3.42. The first kappa shape index (κ1) is 25.5. The Bertz CT molecular complexity index is 1210. The van der Waals surface area contributed by atoms with Crippen LogP contribution in [0.5, 0.6) is 0 Å². The summed E-state index contributed by atoms with van der Waals surface area (Å²) in [5, 5.41) is 6.57. The minimum Gasteiger partial charge on any atom is -0.368 e. The zero-order valence-electron chi connectivity index (χ0n) is 20.7. The third-order valence-corrected chi connectivity index (χ3v) is 7.87. The molecule has 2 aliphatic heterocycles. The monoisotopic (exact) mass is 538 g/mol. The van der Waals surface area contributed by atoms with Gasteiger partial charge in [-0.3, -0.25) is 14.5 Å². The van der Waals surface area contributed by atoms with E-state index in [9.17, 15) is 9.59 Å². The normalized spacial score (nSPS) is 16.6. The van der Waals surface area contributed by atoms with Crippen molar-refractivity contribution in [3.05, 3.63) is 76.3 Å². The maximum Gasteiger partial charge on any atom is 0.273 e. The largest absolute Gasteiger partial charge is 0.368 e. The van der Waals surface area contributed by atoms with Crippen molar-refractivity contribution in [1.82, 2.24) is 19.7 Å². The molecule has 0 saturated carbocycles. The number of benzene rings is 2. The molecule has 37 heavy (non-hydrogen) atoms. The summed E-state index contributed by atoms with van der Waals surface area (Å²) in [6.07, 6.45) is 0. The molecule has 0 radical (unpaired) electrons. The topological polar surface area (TPSA) is 72.0 Å². The number of nitrogens with zero attached hydrogens (tertiary/aromatic N) is 5. The highest BCUT2D eigenvalue weighted by Crippen LogP contribution is 2.21. The van der Waals surface area contributed by atoms with Crippen LogP contribution in [0.4, 0.5) is 10.8 Å². The van der Waals surface area contributed by atoms with Gasteiger partial charge >= 0.3 is 0 Å². The lowest BCUT2D eigenvalue weighted by Gasteiger charge is -2.38. The second kappa shape index (κ2) is 11.9. The molecule has 5 rings (SSSR count). The lowest BCUT2D eigenvalue weighted by atomic mass is 10.2. The second-order valence-corrected chi connectivity index (χ2v) is 10.6. The third kappa shape index (κ3) is 6.60. The molecule has 2 aromatic carbocycles. The quantitative estimate of drug-likeness (QED) is 0.496. The molecule has 3 aromatic rings. The Kier molecular flexibility index (Phi) is 8.23. The Balaban J connectivity index is 1.04. The molecule has 1 N–H and O–H groups in total. The van der Waals surface area contributed by atoms with Crippen LogP contribution in [0.15, 0.2) is 60.0 Å². The number of amides is 2. The third-order valence-electron chi connectivity index (χ3n) is 6.83. The van der Waals surface area contributed by atoms with E-state index in [4.69, 9.17) is 11.6 Å². The predicted octanol–water partition coefficient (Wildman–Crippen LogP) is 3.52. The van der Waals surface area contributed by atoms with Gasteiger partial charge in [0.05, 0.1) is 6.54 Å². The van der Waals surface area contributed by atoms with Gasteiger partial charge in [0.2, 0.25) is 5.91 Å². The first-order chi connectivity index (χ1) is 18.0. The highest BCUT2D eigenvalue weighted by atomic mass is 35.5. The first-order valence-corrected chi connectivity index (χ1v) is 13.8. The summed E-state index contributed by atoms with van der Waals surface area (Å²) in [6.45, 7) is 6.62. The number of anilines is 2. The molecule has 0 aliphatic carbocycles. The Hall–Kier alpha value is -3.14. The molecule has 0 bridgehead atoms. The van der Waals surface area contributed by atoms with E-state index >= 15 is 0 Å². The van der Waals surface area contributed by atoms with Gasteiger partial charge < -0.3 is 20.0 Å². The summed E-state index contributed by atoms with van der Waals surface area (Å²) < 4.78 is 0. The van der Waals surface area contributed by atoms with Crippen molar-refractivity contribution < 1.29 is 9.59 Å². The first-order valence-electron chi connectivity index (χ1n) is 12.6. The molecule has 2 amide bonds. The minimum atomic E-state index is -0.0490. The van der Waals surface area contributed by atoms with Crippen LogP contribution in [0.2, 0.25) is 5.02 Å². The number of carbonyl (C=O) groups excluding carboxylic acids is 2. The van der Waals surface area contributed by atoms with Gasteiger partial charge in [0.1, 0.15) is 5.69 Å². The SMILES string of the molecule is O=C(CN1CCN(C(=O)c2csc(NCc3ccccc3)n2)CC1)N1CCN(c2cccc(Cl)c2)CC1. The summed E-state index contributed by atoms with van der Waals surface area (Å²) in [6, 6.07) is 17.9. The smallest absolute Gasteiger partial charge is 0.273 e. The molecule has 0 spiro atoms. The number of thiazole rings is 1. The highest BCUT2D eigenvalue weighted by Gasteiger charge is 2.27. The van der Waals surface area contributed by atoms with Gasteiger partial charge in [-0.05, 0) is 23.8 Å². The number of hydrogen-bond donors (Lipinski definition) is 1. The Labute approximate surface area is 226 Å². The van der Waals surface area contributed by atoms with Crippen LogP contribution in [-0.4, -0.2) is 90.4 Å². The van der Waals surface area contributed by atoms with Crippen molar-refractivity contribution >= 4 is 45.6 Å². The van der Waals surface area contributed by atoms with E-state index in [0.717, 1.165) is 28.9 Å². The molecule has 1 aromatic heterocycles. The Morgan fingerprint density at radius 1 is 0.892 bits per heavy atom. The average molecular weight is 539 g/mol. The van der Waals surface area contributed by atoms with E-state index in [-0.39, 0.29) is 11.8 Å². The van der Waals surface area contributed by atoms with Crippen molar-refractivity contribution in [3.63, 3.8) is 0 Å². The van der Waals surface area contributed by atoms with E-state index in [1.807, 2.05) is 51.6 Å². The van der Waals surface area contributed by atoms with Crippen LogP contribution in [0.1, 0.15) is 16.1 Å². The number of carbonyl (C=O) groups is 2. The van der Waals surface area contributed by atoms with Crippen LogP contribution < -0.4 is 10.2 Å². The van der Waals surface area contributed by atoms with Gasteiger partial charge in [-0.1, -0.05) is 48.0 Å². The van der Waals surface area contributed by atoms with E-state index in [2.05, 4.69) is 38.3 Å². The summed E-state index contributed by atoms with van der Waals surface area (Å²) in [5.41, 5.74) is 2.74. The van der Waals surface area contributed by atoms with Gasteiger partial charge in [-0.25, -0.2) is 4.98 Å². The van der Waals surface area contributed by atoms with Crippen molar-refractivity contribution in [1.29, 1.82) is 0 Å². The molecule has 2 aliphatic rings. The lowest BCUT2D eigenvalue weighted by Crippen LogP contribution is -2.54. The summed E-state index contributed by atoms with van der Waals surface area (Å²) in [4.78, 5) is 38.6. The zero-order chi connectivity index (χ0) is 25.6. The molecule has 10 heteroatoms. The molecule has 8 nitrogen and oxygen atoms in total. The fourth-order valence-corrected chi connectivity index (χ4v) is 5.54. The van der Waals surface area contributed by atoms with E-state index in [1.54, 1.807) is 0 Å². The summed E-state index contributed by atoms with van der Waals surface area (Å²) in [7, 11) is 0. The number of hydrogen-bond acceptors (Lipinski definition) is 7. The maximum atomic E-state index is 13.0. The number of halogens is 1. The number of nitrogens with one attached hydrogen (secondary N) is 1. The lowest BCUT2D eigenvalue weighted by molar-refractivity contribution is -0.133. The van der Waals surface area contributed by atoms with Crippen LogP contribution in [0, 0.1) is 0 Å². The van der Waals surface area contributed by atoms with Gasteiger partial charge in [0.25, 0.3) is 5.91 Å². The second-order valence-electron chi connectivity index (χ2n) is 9.29. The molecule has 0 unspecified atom stereocenters. The number of piperazine rings is 2. The fraction of sp³-hybridized carbons (Fsp3) is 0.370. The molecular formula is C27H31ClN6O2S. The molecule has 2 fully saturated rings. The Morgan fingerprint density at radius 3 is 2.35 bits per heavy atom. The van der Waals surface area contributed by atoms with Crippen molar-refractivity contribution in [2.45, 2.75) is 6.54 Å². The van der Waals surface area contributed by atoms with Crippen molar-refractivity contribution in [2.24, 2.45) is 0 Å². The van der Waals surface area contributed by atoms with Gasteiger partial charge in [-0.15, -0.1) is 11.3 Å². The van der Waals surface area contributed by atoms with Gasteiger partial charge in [0, 0.05) is 75.0 Å². The molecular weight excluding hydrogens is 508 g/mol. The van der Waals surface area contributed by atoms with E-state index in [0.29, 0.717) is 58.1 Å². The van der Waals surface area contributed by atoms with Crippen LogP contribution in [-0.2, 0) is 11.3 Å². The number of aromatic nitrogens is 1. The van der Waals surface area contributed by atoms with Crippen LogP contribution in [0.25, 0.3) is 0 Å². The van der Waals surface area contributed by atoms with Gasteiger partial charge in [0.15, 0.2) is 5.13 Å².